The molecule has 0 fully saturated rings. The van der Waals surface area contributed by atoms with E-state index in [2.05, 4.69) is 43.2 Å². The molecule has 0 aliphatic carbocycles. The molecule has 1 N–H and O–H groups in total. The largest absolute Gasteiger partial charge is 0.464 e. The molecule has 3 heterocycles. The Hall–Kier alpha value is -3.60. The molecule has 5 rings (SSSR count). The molecule has 5 aromatic rings. The second-order valence-electron chi connectivity index (χ2n) is 8.13. The molecule has 5 nitrogen and oxygen atoms in total. The predicted octanol–water partition coefficient (Wildman–Crippen LogP) is 6.51. The summed E-state index contributed by atoms with van der Waals surface area (Å²) in [6.45, 7) is 6.30. The maximum atomic E-state index is 6.05. The lowest BCUT2D eigenvalue weighted by Gasteiger charge is -2.22. The lowest BCUT2D eigenvalue weighted by atomic mass is 10.0. The van der Waals surface area contributed by atoms with Crippen LogP contribution in [-0.4, -0.2) is 15.5 Å². The molecule has 144 valence electrons. The number of nitrogens with zero attached hydrogens (tertiary/aromatic N) is 2. The quantitative estimate of drug-likeness (QED) is 0.384. The third-order valence-corrected chi connectivity index (χ3v) is 4.70. The topological polar surface area (TPSA) is 64.1 Å². The standard InChI is InChI=1S/C24H21N3O2/c1-24(2,3)27-22-17(23-26-19-9-5-7-11-21(19)29-23)12-15(13-25-22)18-14-28-20-10-6-4-8-16(18)20/h4-14H,1-3H3,(H,25,27). The van der Waals surface area contributed by atoms with E-state index in [0.29, 0.717) is 5.89 Å². The van der Waals surface area contributed by atoms with E-state index in [0.717, 1.165) is 44.6 Å². The van der Waals surface area contributed by atoms with Crippen LogP contribution in [0.25, 0.3) is 44.7 Å². The van der Waals surface area contributed by atoms with Crippen LogP contribution in [0.15, 0.2) is 75.9 Å². The Kier molecular flexibility index (Phi) is 3.91. The molecule has 0 atom stereocenters. The van der Waals surface area contributed by atoms with E-state index in [1.807, 2.05) is 48.7 Å². The van der Waals surface area contributed by atoms with E-state index < -0.39 is 0 Å². The van der Waals surface area contributed by atoms with Gasteiger partial charge in [-0.15, -0.1) is 0 Å². The zero-order valence-electron chi connectivity index (χ0n) is 16.6. The average molecular weight is 383 g/mol. The Morgan fingerprint density at radius 2 is 1.66 bits per heavy atom. The highest BCUT2D eigenvalue weighted by Crippen LogP contribution is 2.36. The summed E-state index contributed by atoms with van der Waals surface area (Å²) >= 11 is 0. The number of para-hydroxylation sites is 3. The van der Waals surface area contributed by atoms with Crippen molar-refractivity contribution in [2.75, 3.05) is 5.32 Å². The number of aromatic nitrogens is 2. The number of fused-ring (bicyclic) bond motifs is 2. The van der Waals surface area contributed by atoms with Gasteiger partial charge < -0.3 is 14.2 Å². The monoisotopic (exact) mass is 383 g/mol. The van der Waals surface area contributed by atoms with Gasteiger partial charge in [0.25, 0.3) is 0 Å². The summed E-state index contributed by atoms with van der Waals surface area (Å²) in [5.74, 6) is 1.28. The van der Waals surface area contributed by atoms with Gasteiger partial charge in [-0.05, 0) is 45.0 Å². The van der Waals surface area contributed by atoms with E-state index in [1.54, 1.807) is 6.26 Å². The molecule has 0 saturated carbocycles. The first-order chi connectivity index (χ1) is 14.0. The number of rotatable bonds is 3. The van der Waals surface area contributed by atoms with Gasteiger partial charge in [0.1, 0.15) is 16.9 Å². The van der Waals surface area contributed by atoms with Crippen molar-refractivity contribution in [3.8, 4) is 22.6 Å². The minimum atomic E-state index is -0.155. The maximum Gasteiger partial charge on any atom is 0.231 e. The highest BCUT2D eigenvalue weighted by atomic mass is 16.3. The Labute approximate surface area is 168 Å². The van der Waals surface area contributed by atoms with Gasteiger partial charge in [-0.3, -0.25) is 0 Å². The van der Waals surface area contributed by atoms with Crippen LogP contribution in [-0.2, 0) is 0 Å². The molecule has 3 aromatic heterocycles. The Bertz CT molecular complexity index is 1290. The van der Waals surface area contributed by atoms with Gasteiger partial charge >= 0.3 is 0 Å². The summed E-state index contributed by atoms with van der Waals surface area (Å²) in [7, 11) is 0. The van der Waals surface area contributed by atoms with Crippen molar-refractivity contribution < 1.29 is 8.83 Å². The lowest BCUT2D eigenvalue weighted by Crippen LogP contribution is -2.27. The number of anilines is 1. The molecule has 0 saturated heterocycles. The molecule has 5 heteroatoms. The normalized spacial score (nSPS) is 12.0. The molecule has 0 aliphatic heterocycles. The molecule has 2 aromatic carbocycles. The number of benzene rings is 2. The van der Waals surface area contributed by atoms with Gasteiger partial charge in [0.05, 0.1) is 11.8 Å². The molecule has 0 amide bonds. The predicted molar refractivity (Wildman–Crippen MR) is 116 cm³/mol. The fourth-order valence-corrected chi connectivity index (χ4v) is 3.42. The van der Waals surface area contributed by atoms with Gasteiger partial charge in [-0.2, -0.15) is 0 Å². The van der Waals surface area contributed by atoms with E-state index in [-0.39, 0.29) is 5.54 Å². The molecule has 29 heavy (non-hydrogen) atoms. The molecule has 0 bridgehead atoms. The number of furan rings is 1. The smallest absolute Gasteiger partial charge is 0.231 e. The van der Waals surface area contributed by atoms with Crippen LogP contribution < -0.4 is 5.32 Å². The zero-order chi connectivity index (χ0) is 20.0. The minimum absolute atomic E-state index is 0.155. The summed E-state index contributed by atoms with van der Waals surface area (Å²) in [4.78, 5) is 9.41. The molecule has 0 unspecified atom stereocenters. The third-order valence-electron chi connectivity index (χ3n) is 4.70. The first-order valence-corrected chi connectivity index (χ1v) is 9.59. The Balaban J connectivity index is 1.70. The first-order valence-electron chi connectivity index (χ1n) is 9.59. The van der Waals surface area contributed by atoms with E-state index in [9.17, 15) is 0 Å². The molecule has 0 spiro atoms. The SMILES string of the molecule is CC(C)(C)Nc1ncc(-c2coc3ccccc23)cc1-c1nc2ccccc2o1. The van der Waals surface area contributed by atoms with Crippen LogP contribution in [0.2, 0.25) is 0 Å². The average Bonchev–Trinajstić information content (AvgIpc) is 3.31. The minimum Gasteiger partial charge on any atom is -0.464 e. The number of nitrogens with one attached hydrogen (secondary N) is 1. The summed E-state index contributed by atoms with van der Waals surface area (Å²) in [5, 5.41) is 4.52. The number of hydrogen-bond donors (Lipinski definition) is 1. The fraction of sp³-hybridized carbons (Fsp3) is 0.167. The molecular formula is C24H21N3O2. The van der Waals surface area contributed by atoms with Crippen LogP contribution in [0, 0.1) is 0 Å². The van der Waals surface area contributed by atoms with Gasteiger partial charge in [0.15, 0.2) is 5.58 Å². The lowest BCUT2D eigenvalue weighted by molar-refractivity contribution is 0.613. The summed E-state index contributed by atoms with van der Waals surface area (Å²) < 4.78 is 11.8. The van der Waals surface area contributed by atoms with Crippen molar-refractivity contribution in [1.82, 2.24) is 9.97 Å². The van der Waals surface area contributed by atoms with E-state index >= 15 is 0 Å². The van der Waals surface area contributed by atoms with Gasteiger partial charge in [-0.1, -0.05) is 30.3 Å². The summed E-state index contributed by atoms with van der Waals surface area (Å²) in [5.41, 5.74) is 5.03. The summed E-state index contributed by atoms with van der Waals surface area (Å²) in [6.07, 6.45) is 3.63. The molecule has 0 radical (unpaired) electrons. The number of hydrogen-bond acceptors (Lipinski definition) is 5. The van der Waals surface area contributed by atoms with Gasteiger partial charge in [0, 0.05) is 28.2 Å². The van der Waals surface area contributed by atoms with Crippen molar-refractivity contribution in [1.29, 1.82) is 0 Å². The third kappa shape index (κ3) is 3.25. The van der Waals surface area contributed by atoms with E-state index in [1.165, 1.54) is 0 Å². The van der Waals surface area contributed by atoms with Crippen LogP contribution in [0.3, 0.4) is 0 Å². The van der Waals surface area contributed by atoms with Gasteiger partial charge in [-0.25, -0.2) is 9.97 Å². The molecular weight excluding hydrogens is 362 g/mol. The zero-order valence-corrected chi connectivity index (χ0v) is 16.6. The van der Waals surface area contributed by atoms with Crippen LogP contribution in [0.5, 0.6) is 0 Å². The van der Waals surface area contributed by atoms with Crippen molar-refractivity contribution in [3.63, 3.8) is 0 Å². The van der Waals surface area contributed by atoms with Crippen LogP contribution in [0.1, 0.15) is 20.8 Å². The second kappa shape index (κ2) is 6.48. The highest BCUT2D eigenvalue weighted by molar-refractivity contribution is 5.95. The van der Waals surface area contributed by atoms with Crippen molar-refractivity contribution >= 4 is 27.9 Å². The number of pyridine rings is 1. The van der Waals surface area contributed by atoms with Crippen molar-refractivity contribution in [3.05, 3.63) is 67.1 Å². The number of oxazole rings is 1. The van der Waals surface area contributed by atoms with Crippen LogP contribution in [0.4, 0.5) is 5.82 Å². The highest BCUT2D eigenvalue weighted by Gasteiger charge is 2.20. The Morgan fingerprint density at radius 1 is 0.897 bits per heavy atom. The van der Waals surface area contributed by atoms with E-state index in [4.69, 9.17) is 13.8 Å². The van der Waals surface area contributed by atoms with Crippen molar-refractivity contribution in [2.24, 2.45) is 0 Å². The molecule has 0 aliphatic rings. The van der Waals surface area contributed by atoms with Crippen molar-refractivity contribution in [2.45, 2.75) is 26.3 Å². The maximum absolute atomic E-state index is 6.05. The summed E-state index contributed by atoms with van der Waals surface area (Å²) in [6, 6.07) is 17.8. The second-order valence-corrected chi connectivity index (χ2v) is 8.13. The first kappa shape index (κ1) is 17.5. The van der Waals surface area contributed by atoms with Gasteiger partial charge in [0.2, 0.25) is 5.89 Å². The van der Waals surface area contributed by atoms with Crippen LogP contribution >= 0.6 is 0 Å². The Morgan fingerprint density at radius 3 is 2.45 bits per heavy atom. The fourth-order valence-electron chi connectivity index (χ4n) is 3.42.